The van der Waals surface area contributed by atoms with Crippen LogP contribution in [0, 0.1) is 5.92 Å². The van der Waals surface area contributed by atoms with Gasteiger partial charge in [-0.2, -0.15) is 0 Å². The molecular weight excluding hydrogens is 502 g/mol. The lowest BCUT2D eigenvalue weighted by atomic mass is 9.74. The number of imidazole rings is 1. The number of hydrogen-bond acceptors (Lipinski definition) is 8. The van der Waals surface area contributed by atoms with Gasteiger partial charge < -0.3 is 29.6 Å². The number of halogens is 1. The van der Waals surface area contributed by atoms with Crippen LogP contribution < -0.4 is 19.5 Å². The first-order chi connectivity index (χ1) is 17.7. The summed E-state index contributed by atoms with van der Waals surface area (Å²) >= 11 is 6.43. The summed E-state index contributed by atoms with van der Waals surface area (Å²) in [7, 11) is 2.85. The van der Waals surface area contributed by atoms with E-state index in [4.69, 9.17) is 30.9 Å². The Bertz CT molecular complexity index is 1500. The lowest BCUT2D eigenvalue weighted by Crippen LogP contribution is -2.55. The predicted octanol–water partition coefficient (Wildman–Crippen LogP) is 4.17. The van der Waals surface area contributed by atoms with E-state index < -0.39 is 29.1 Å². The number of aliphatic carboxylic acids is 1. The quantitative estimate of drug-likeness (QED) is 0.387. The minimum Gasteiger partial charge on any atom is -0.496 e. The van der Waals surface area contributed by atoms with Gasteiger partial charge in [-0.25, -0.2) is 4.98 Å². The van der Waals surface area contributed by atoms with Crippen LogP contribution in [0.3, 0.4) is 0 Å². The Morgan fingerprint density at radius 2 is 2.03 bits per heavy atom. The molecule has 1 aromatic heterocycles. The summed E-state index contributed by atoms with van der Waals surface area (Å²) < 4.78 is 16.7. The number of carbonyl (C=O) groups excluding carboxylic acids is 2. The monoisotopic (exact) mass is 525 g/mol. The SMILES string of the molecule is COc1cc(OC)c2c(c1Cl)OC1(C(=O)C=C(Nc3ccc4nc(CCC(=O)O)[nH]c4c3)CC1C)C2=O. The topological polar surface area (TPSA) is 140 Å². The summed E-state index contributed by atoms with van der Waals surface area (Å²) in [6.45, 7) is 1.78. The number of ketones is 2. The van der Waals surface area contributed by atoms with Gasteiger partial charge in [-0.15, -0.1) is 0 Å². The maximum absolute atomic E-state index is 13.6. The van der Waals surface area contributed by atoms with Crippen LogP contribution in [-0.4, -0.2) is 52.4 Å². The first-order valence-corrected chi connectivity index (χ1v) is 12.0. The number of rotatable bonds is 7. The van der Waals surface area contributed by atoms with E-state index >= 15 is 0 Å². The van der Waals surface area contributed by atoms with Crippen LogP contribution in [0.1, 0.15) is 35.9 Å². The average Bonchev–Trinajstić information content (AvgIpc) is 3.41. The minimum atomic E-state index is -1.75. The third kappa shape index (κ3) is 3.97. The Kier molecular flexibility index (Phi) is 6.07. The van der Waals surface area contributed by atoms with Crippen LogP contribution in [-0.2, 0) is 16.0 Å². The highest BCUT2D eigenvalue weighted by Gasteiger charge is 2.60. The molecule has 10 nitrogen and oxygen atoms in total. The molecular formula is C26H24ClN3O7. The second-order valence-electron chi connectivity index (χ2n) is 9.04. The third-order valence-corrected chi connectivity index (χ3v) is 7.08. The fourth-order valence-electron chi connectivity index (χ4n) is 4.89. The molecule has 0 radical (unpaired) electrons. The maximum Gasteiger partial charge on any atom is 0.303 e. The molecule has 11 heteroatoms. The van der Waals surface area contributed by atoms with Gasteiger partial charge in [0.05, 0.1) is 31.7 Å². The lowest BCUT2D eigenvalue weighted by molar-refractivity contribution is -0.137. The van der Waals surface area contributed by atoms with Crippen molar-refractivity contribution in [1.29, 1.82) is 0 Å². The number of H-pyrrole nitrogens is 1. The van der Waals surface area contributed by atoms with E-state index in [-0.39, 0.29) is 34.3 Å². The molecule has 2 aliphatic rings. The number of methoxy groups -OCH3 is 2. The third-order valence-electron chi connectivity index (χ3n) is 6.72. The molecule has 3 N–H and O–H groups in total. The number of Topliss-reactive ketones (excluding diaryl/α,β-unsaturated/α-hetero) is 1. The van der Waals surface area contributed by atoms with E-state index in [1.165, 1.54) is 26.4 Å². The molecule has 192 valence electrons. The average molecular weight is 526 g/mol. The number of carboxylic acids is 1. The van der Waals surface area contributed by atoms with Crippen LogP contribution in [0.15, 0.2) is 36.0 Å². The molecule has 0 bridgehead atoms. The number of nitrogens with zero attached hydrogens (tertiary/aromatic N) is 1. The smallest absolute Gasteiger partial charge is 0.303 e. The Balaban J connectivity index is 1.42. The highest BCUT2D eigenvalue weighted by atomic mass is 35.5. The molecule has 1 aliphatic heterocycles. The number of fused-ring (bicyclic) bond motifs is 2. The Morgan fingerprint density at radius 1 is 1.27 bits per heavy atom. The number of aromatic amines is 1. The van der Waals surface area contributed by atoms with E-state index in [1.54, 1.807) is 13.0 Å². The predicted molar refractivity (Wildman–Crippen MR) is 135 cm³/mol. The highest BCUT2D eigenvalue weighted by molar-refractivity contribution is 6.36. The van der Waals surface area contributed by atoms with Gasteiger partial charge in [-0.05, 0) is 24.6 Å². The summed E-state index contributed by atoms with van der Waals surface area (Å²) in [5, 5.41) is 12.2. The van der Waals surface area contributed by atoms with Gasteiger partial charge in [0.2, 0.25) is 17.2 Å². The summed E-state index contributed by atoms with van der Waals surface area (Å²) in [6.07, 6.45) is 2.02. The van der Waals surface area contributed by atoms with Gasteiger partial charge in [0.15, 0.2) is 5.75 Å². The van der Waals surface area contributed by atoms with E-state index in [2.05, 4.69) is 15.3 Å². The molecule has 1 aliphatic carbocycles. The molecule has 2 atom stereocenters. The van der Waals surface area contributed by atoms with Crippen molar-refractivity contribution in [3.05, 3.63) is 52.4 Å². The number of nitrogens with one attached hydrogen (secondary N) is 2. The molecule has 0 fully saturated rings. The molecule has 37 heavy (non-hydrogen) atoms. The van der Waals surface area contributed by atoms with Crippen molar-refractivity contribution in [3.63, 3.8) is 0 Å². The van der Waals surface area contributed by atoms with E-state index in [0.717, 1.165) is 5.52 Å². The van der Waals surface area contributed by atoms with Crippen LogP contribution >= 0.6 is 11.6 Å². The molecule has 2 unspecified atom stereocenters. The van der Waals surface area contributed by atoms with Crippen LogP contribution in [0.5, 0.6) is 17.2 Å². The van der Waals surface area contributed by atoms with Crippen molar-refractivity contribution < 1.29 is 33.7 Å². The number of hydrogen-bond donors (Lipinski definition) is 3. The normalized spacial score (nSPS) is 20.5. The fraction of sp³-hybridized carbons (Fsp3) is 0.308. The minimum absolute atomic E-state index is 0.0197. The molecule has 2 heterocycles. The van der Waals surface area contributed by atoms with Gasteiger partial charge in [0.1, 0.15) is 27.9 Å². The maximum atomic E-state index is 13.6. The van der Waals surface area contributed by atoms with Crippen LogP contribution in [0.4, 0.5) is 5.69 Å². The Hall–Kier alpha value is -4.05. The second kappa shape index (κ2) is 9.11. The number of anilines is 1. The number of aryl methyl sites for hydroxylation is 1. The van der Waals surface area contributed by atoms with Crippen molar-refractivity contribution in [1.82, 2.24) is 9.97 Å². The summed E-state index contributed by atoms with van der Waals surface area (Å²) in [6, 6.07) is 6.95. The van der Waals surface area contributed by atoms with Crippen LogP contribution in [0.2, 0.25) is 5.02 Å². The Labute approximate surface area is 216 Å². The number of benzene rings is 2. The molecule has 0 amide bonds. The molecule has 3 aromatic rings. The van der Waals surface area contributed by atoms with Gasteiger partial charge >= 0.3 is 5.97 Å². The standard InChI is InChI=1S/C26H24ClN3O7/c1-12-8-14(28-13-4-5-15-16(9-13)30-20(29-15)6-7-21(32)33)10-19(31)26(12)25(34)22-17(35-2)11-18(36-3)23(27)24(22)37-26/h4-5,9-12,28H,6-8H2,1-3H3,(H,29,30)(H,32,33). The summed E-state index contributed by atoms with van der Waals surface area (Å²) in [5.74, 6) is -1.24. The van der Waals surface area contributed by atoms with Crippen molar-refractivity contribution in [2.75, 3.05) is 19.5 Å². The number of carbonyl (C=O) groups is 3. The zero-order chi connectivity index (χ0) is 26.5. The van der Waals surface area contributed by atoms with Crippen molar-refractivity contribution in [2.45, 2.75) is 31.8 Å². The largest absolute Gasteiger partial charge is 0.496 e. The van der Waals surface area contributed by atoms with Crippen molar-refractivity contribution in [2.24, 2.45) is 5.92 Å². The van der Waals surface area contributed by atoms with Gasteiger partial charge in [-0.1, -0.05) is 18.5 Å². The van der Waals surface area contributed by atoms with Crippen LogP contribution in [0.25, 0.3) is 11.0 Å². The number of carboxylic acid groups (broad SMARTS) is 1. The number of allylic oxidation sites excluding steroid dienone is 1. The number of ether oxygens (including phenoxy) is 3. The van der Waals surface area contributed by atoms with E-state index in [0.29, 0.717) is 35.6 Å². The molecule has 5 rings (SSSR count). The first-order valence-electron chi connectivity index (χ1n) is 11.6. The highest BCUT2D eigenvalue weighted by Crippen LogP contribution is 2.53. The fourth-order valence-corrected chi connectivity index (χ4v) is 5.15. The van der Waals surface area contributed by atoms with Gasteiger partial charge in [0, 0.05) is 35.9 Å². The Morgan fingerprint density at radius 3 is 2.70 bits per heavy atom. The van der Waals surface area contributed by atoms with Gasteiger partial charge in [0.25, 0.3) is 0 Å². The van der Waals surface area contributed by atoms with Crippen molar-refractivity contribution >= 4 is 45.9 Å². The number of aromatic nitrogens is 2. The van der Waals surface area contributed by atoms with Gasteiger partial charge in [-0.3, -0.25) is 14.4 Å². The second-order valence-corrected chi connectivity index (χ2v) is 9.42. The molecule has 1 spiro atoms. The zero-order valence-electron chi connectivity index (χ0n) is 20.3. The molecule has 0 saturated carbocycles. The molecule has 2 aromatic carbocycles. The lowest BCUT2D eigenvalue weighted by Gasteiger charge is -2.35. The zero-order valence-corrected chi connectivity index (χ0v) is 21.1. The summed E-state index contributed by atoms with van der Waals surface area (Å²) in [4.78, 5) is 45.5. The first kappa shape index (κ1) is 24.6. The van der Waals surface area contributed by atoms with E-state index in [9.17, 15) is 14.4 Å². The van der Waals surface area contributed by atoms with Crippen molar-refractivity contribution in [3.8, 4) is 17.2 Å². The molecule has 0 saturated heterocycles. The summed E-state index contributed by atoms with van der Waals surface area (Å²) in [5.41, 5.74) is 1.15. The van der Waals surface area contributed by atoms with E-state index in [1.807, 2.05) is 12.1 Å².